The highest BCUT2D eigenvalue weighted by molar-refractivity contribution is 6.11. The third kappa shape index (κ3) is 2.56. The second kappa shape index (κ2) is 6.02. The normalized spacial score (nSPS) is 19.7. The van der Waals surface area contributed by atoms with Crippen LogP contribution >= 0.6 is 0 Å². The Morgan fingerprint density at radius 1 is 0.923 bits per heavy atom. The minimum absolute atomic E-state index is 0.0544. The van der Waals surface area contributed by atoms with E-state index in [9.17, 15) is 9.59 Å². The van der Waals surface area contributed by atoms with Gasteiger partial charge in [0.15, 0.2) is 0 Å². The third-order valence-corrected chi connectivity index (χ3v) is 5.12. The van der Waals surface area contributed by atoms with Gasteiger partial charge in [0.25, 0.3) is 5.91 Å². The van der Waals surface area contributed by atoms with E-state index in [4.69, 9.17) is 0 Å². The predicted molar refractivity (Wildman–Crippen MR) is 101 cm³/mol. The maximum Gasteiger partial charge on any atom is 0.322 e. The fourth-order valence-corrected chi connectivity index (χ4v) is 3.51. The molecular formula is C21H21N3O2. The summed E-state index contributed by atoms with van der Waals surface area (Å²) in [5, 5.41) is 2.97. The Bertz CT molecular complexity index is 913. The number of carbonyl (C=O) groups is 2. The van der Waals surface area contributed by atoms with Crippen LogP contribution in [0.1, 0.15) is 22.7 Å². The lowest BCUT2D eigenvalue weighted by molar-refractivity contribution is -0.114. The highest BCUT2D eigenvalue weighted by Gasteiger charge is 2.43. The highest BCUT2D eigenvalue weighted by Crippen LogP contribution is 2.37. The Kier molecular flexibility index (Phi) is 3.80. The molecule has 2 heterocycles. The van der Waals surface area contributed by atoms with Gasteiger partial charge in [-0.1, -0.05) is 47.5 Å². The van der Waals surface area contributed by atoms with Gasteiger partial charge in [0, 0.05) is 12.7 Å². The smallest absolute Gasteiger partial charge is 0.322 e. The molecule has 0 aliphatic carbocycles. The molecule has 0 aromatic heterocycles. The van der Waals surface area contributed by atoms with Crippen molar-refractivity contribution in [2.75, 3.05) is 18.5 Å². The first kappa shape index (κ1) is 16.4. The summed E-state index contributed by atoms with van der Waals surface area (Å²) in [6.45, 7) is 4.44. The Morgan fingerprint density at radius 2 is 1.50 bits per heavy atom. The molecule has 1 N–H and O–H groups in total. The summed E-state index contributed by atoms with van der Waals surface area (Å²) in [5.74, 6) is -0.0544. The number of aryl methyl sites for hydroxylation is 2. The molecule has 0 saturated carbocycles. The monoisotopic (exact) mass is 347 g/mol. The van der Waals surface area contributed by atoms with Gasteiger partial charge < -0.3 is 10.2 Å². The van der Waals surface area contributed by atoms with Gasteiger partial charge in [0.05, 0.1) is 23.9 Å². The fourth-order valence-electron chi connectivity index (χ4n) is 3.51. The molecule has 26 heavy (non-hydrogen) atoms. The number of benzene rings is 2. The molecule has 0 fully saturated rings. The van der Waals surface area contributed by atoms with E-state index in [0.717, 1.165) is 28.1 Å². The second-order valence-corrected chi connectivity index (χ2v) is 6.94. The van der Waals surface area contributed by atoms with E-state index in [2.05, 4.69) is 5.32 Å². The van der Waals surface area contributed by atoms with Crippen LogP contribution in [0.2, 0.25) is 0 Å². The number of urea groups is 1. The van der Waals surface area contributed by atoms with E-state index in [0.29, 0.717) is 12.1 Å². The lowest BCUT2D eigenvalue weighted by atomic mass is 9.95. The number of nitrogens with zero attached hydrogens (tertiary/aromatic N) is 2. The molecule has 1 unspecified atom stereocenters. The predicted octanol–water partition coefficient (Wildman–Crippen LogP) is 3.30. The van der Waals surface area contributed by atoms with Gasteiger partial charge in [-0.25, -0.2) is 4.79 Å². The quantitative estimate of drug-likeness (QED) is 0.906. The highest BCUT2D eigenvalue weighted by atomic mass is 16.2. The molecule has 2 aromatic carbocycles. The Hall–Kier alpha value is -3.08. The van der Waals surface area contributed by atoms with Crippen LogP contribution in [0.3, 0.4) is 0 Å². The minimum Gasteiger partial charge on any atom is -0.327 e. The van der Waals surface area contributed by atoms with Gasteiger partial charge in [0.2, 0.25) is 0 Å². The van der Waals surface area contributed by atoms with Crippen LogP contribution in [0.15, 0.2) is 59.8 Å². The van der Waals surface area contributed by atoms with Crippen LogP contribution in [-0.4, -0.2) is 30.4 Å². The average Bonchev–Trinajstić information content (AvgIpc) is 2.97. The van der Waals surface area contributed by atoms with Crippen molar-refractivity contribution in [2.45, 2.75) is 19.9 Å². The van der Waals surface area contributed by atoms with E-state index < -0.39 is 6.04 Å². The van der Waals surface area contributed by atoms with Gasteiger partial charge in [-0.2, -0.15) is 0 Å². The summed E-state index contributed by atoms with van der Waals surface area (Å²) >= 11 is 0. The summed E-state index contributed by atoms with van der Waals surface area (Å²) in [4.78, 5) is 28.9. The summed E-state index contributed by atoms with van der Waals surface area (Å²) in [5.41, 5.74) is 5.47. The zero-order chi connectivity index (χ0) is 18.4. The van der Waals surface area contributed by atoms with Crippen LogP contribution in [0.25, 0.3) is 0 Å². The van der Waals surface area contributed by atoms with Crippen molar-refractivity contribution in [1.29, 1.82) is 0 Å². The maximum absolute atomic E-state index is 13.2. The number of rotatable bonds is 2. The van der Waals surface area contributed by atoms with Crippen molar-refractivity contribution >= 4 is 17.6 Å². The van der Waals surface area contributed by atoms with Crippen LogP contribution in [0.4, 0.5) is 10.5 Å². The standard InChI is InChI=1S/C21H21N3O2/c1-13-4-8-15(9-5-13)19-18-17(23(3)21(26)22-19)12-24(20(18)25)16-10-6-14(2)7-11-16/h4-11,19H,12H2,1-3H3,(H,22,26). The van der Waals surface area contributed by atoms with E-state index >= 15 is 0 Å². The number of hydrogen-bond acceptors (Lipinski definition) is 2. The summed E-state index contributed by atoms with van der Waals surface area (Å²) in [7, 11) is 1.71. The van der Waals surface area contributed by atoms with Crippen molar-refractivity contribution in [3.05, 3.63) is 76.5 Å². The second-order valence-electron chi connectivity index (χ2n) is 6.94. The van der Waals surface area contributed by atoms with E-state index in [-0.39, 0.29) is 11.9 Å². The van der Waals surface area contributed by atoms with Gasteiger partial charge in [-0.05, 0) is 31.5 Å². The molecule has 0 spiro atoms. The SMILES string of the molecule is Cc1ccc(C2NC(=O)N(C)C3=C2C(=O)N(c2ccc(C)cc2)C3)cc1. The molecule has 5 heteroatoms. The third-order valence-electron chi connectivity index (χ3n) is 5.12. The zero-order valence-electron chi connectivity index (χ0n) is 15.1. The Morgan fingerprint density at radius 3 is 2.12 bits per heavy atom. The number of amides is 3. The van der Waals surface area contributed by atoms with Crippen molar-refractivity contribution in [3.63, 3.8) is 0 Å². The van der Waals surface area contributed by atoms with Crippen molar-refractivity contribution in [2.24, 2.45) is 0 Å². The summed E-state index contributed by atoms with van der Waals surface area (Å²) in [6.07, 6.45) is 0. The maximum atomic E-state index is 13.2. The van der Waals surface area contributed by atoms with Crippen molar-refractivity contribution < 1.29 is 9.59 Å². The van der Waals surface area contributed by atoms with Gasteiger partial charge in [0.1, 0.15) is 0 Å². The van der Waals surface area contributed by atoms with Crippen LogP contribution in [0, 0.1) is 13.8 Å². The topological polar surface area (TPSA) is 52.7 Å². The molecule has 132 valence electrons. The first-order valence-corrected chi connectivity index (χ1v) is 8.68. The molecule has 1 atom stereocenters. The van der Waals surface area contributed by atoms with E-state index in [1.54, 1.807) is 16.8 Å². The number of nitrogens with one attached hydrogen (secondary N) is 1. The van der Waals surface area contributed by atoms with Gasteiger partial charge >= 0.3 is 6.03 Å². The first-order valence-electron chi connectivity index (χ1n) is 8.68. The van der Waals surface area contributed by atoms with Crippen molar-refractivity contribution in [1.82, 2.24) is 10.2 Å². The Labute approximate surface area is 152 Å². The molecule has 2 aliphatic rings. The lowest BCUT2D eigenvalue weighted by Crippen LogP contribution is -2.45. The van der Waals surface area contributed by atoms with Crippen molar-refractivity contribution in [3.8, 4) is 0 Å². The molecule has 0 bridgehead atoms. The lowest BCUT2D eigenvalue weighted by Gasteiger charge is -2.31. The average molecular weight is 347 g/mol. The molecule has 0 saturated heterocycles. The molecule has 2 aliphatic heterocycles. The van der Waals surface area contributed by atoms with Gasteiger partial charge in [-0.3, -0.25) is 9.69 Å². The molecule has 2 aromatic rings. The molecular weight excluding hydrogens is 326 g/mol. The largest absolute Gasteiger partial charge is 0.327 e. The van der Waals surface area contributed by atoms with Crippen LogP contribution in [-0.2, 0) is 4.79 Å². The molecule has 0 radical (unpaired) electrons. The fraction of sp³-hybridized carbons (Fsp3) is 0.238. The minimum atomic E-state index is -0.419. The number of hydrogen-bond donors (Lipinski definition) is 1. The zero-order valence-corrected chi connectivity index (χ0v) is 15.1. The summed E-state index contributed by atoms with van der Waals surface area (Å²) in [6, 6.07) is 15.2. The molecule has 5 nitrogen and oxygen atoms in total. The number of likely N-dealkylation sites (N-methyl/N-ethyl adjacent to an activating group) is 1. The van der Waals surface area contributed by atoms with E-state index in [1.165, 1.54) is 0 Å². The summed E-state index contributed by atoms with van der Waals surface area (Å²) < 4.78 is 0. The van der Waals surface area contributed by atoms with E-state index in [1.807, 2.05) is 62.4 Å². The number of anilines is 1. The van der Waals surface area contributed by atoms with Crippen LogP contribution in [0.5, 0.6) is 0 Å². The molecule has 4 rings (SSSR count). The molecule has 3 amide bonds. The Balaban J connectivity index is 1.75. The van der Waals surface area contributed by atoms with Gasteiger partial charge in [-0.15, -0.1) is 0 Å². The first-order chi connectivity index (χ1) is 12.5. The number of carbonyl (C=O) groups excluding carboxylic acids is 2. The van der Waals surface area contributed by atoms with Crippen LogP contribution < -0.4 is 10.2 Å².